The van der Waals surface area contributed by atoms with Gasteiger partial charge in [-0.2, -0.15) is 0 Å². The summed E-state index contributed by atoms with van der Waals surface area (Å²) < 4.78 is 7.09. The van der Waals surface area contributed by atoms with Crippen LogP contribution in [0, 0.1) is 0 Å². The molecule has 1 atom stereocenters. The molecule has 0 aliphatic rings. The third-order valence-electron chi connectivity index (χ3n) is 3.07. The molecule has 0 amide bonds. The van der Waals surface area contributed by atoms with E-state index in [1.54, 1.807) is 6.20 Å². The van der Waals surface area contributed by atoms with Crippen LogP contribution in [-0.4, -0.2) is 40.2 Å². The summed E-state index contributed by atoms with van der Waals surface area (Å²) in [6.07, 6.45) is 5.52. The van der Waals surface area contributed by atoms with Crippen LogP contribution >= 0.6 is 0 Å². The normalized spacial score (nSPS) is 12.3. The summed E-state index contributed by atoms with van der Waals surface area (Å²) in [6.45, 7) is 2.57. The van der Waals surface area contributed by atoms with Crippen LogP contribution in [0.2, 0.25) is 0 Å². The summed E-state index contributed by atoms with van der Waals surface area (Å²) in [5.41, 5.74) is 1.39. The molecule has 1 unspecified atom stereocenters. The van der Waals surface area contributed by atoms with E-state index in [1.165, 1.54) is 6.33 Å². The van der Waals surface area contributed by atoms with Gasteiger partial charge >= 0.3 is 0 Å². The molecule has 0 radical (unpaired) electrons. The number of ether oxygens (including phenoxy) is 1. The minimum Gasteiger partial charge on any atom is -0.456 e. The fourth-order valence-corrected chi connectivity index (χ4v) is 2.17. The van der Waals surface area contributed by atoms with Crippen molar-refractivity contribution in [3.8, 4) is 0 Å². The maximum Gasteiger partial charge on any atom is 0.293 e. The van der Waals surface area contributed by atoms with Gasteiger partial charge in [-0.25, -0.2) is 19.6 Å². The lowest BCUT2D eigenvalue weighted by Gasteiger charge is -2.21. The Balaban J connectivity index is 2.49. The number of hydrogen-bond acceptors (Lipinski definition) is 6. The summed E-state index contributed by atoms with van der Waals surface area (Å²) in [4.78, 5) is 23.4. The van der Waals surface area contributed by atoms with Crippen LogP contribution in [0.15, 0.2) is 12.5 Å². The second-order valence-corrected chi connectivity index (χ2v) is 4.72. The van der Waals surface area contributed by atoms with Crippen molar-refractivity contribution < 1.29 is 9.53 Å². The molecule has 108 valence electrons. The second-order valence-electron chi connectivity index (χ2n) is 4.72. The summed E-state index contributed by atoms with van der Waals surface area (Å²) in [5, 5.41) is 1.88. The van der Waals surface area contributed by atoms with E-state index in [9.17, 15) is 4.79 Å². The Hall–Kier alpha value is -2.18. The van der Waals surface area contributed by atoms with Crippen LogP contribution in [0.4, 0.5) is 0 Å². The Labute approximate surface area is 117 Å². The summed E-state index contributed by atoms with van der Waals surface area (Å²) in [7, 11) is 3.80. The van der Waals surface area contributed by atoms with Gasteiger partial charge in [0.05, 0.1) is 6.20 Å². The van der Waals surface area contributed by atoms with Crippen molar-refractivity contribution in [3.63, 3.8) is 0 Å². The zero-order chi connectivity index (χ0) is 14.5. The van der Waals surface area contributed by atoms with Crippen LogP contribution in [-0.2, 0) is 9.53 Å². The first kappa shape index (κ1) is 14.2. The number of carbonyl (C=O) groups excluding carboxylic acids is 1. The van der Waals surface area contributed by atoms with Gasteiger partial charge in [0.2, 0.25) is 0 Å². The van der Waals surface area contributed by atoms with Crippen molar-refractivity contribution in [2.45, 2.75) is 32.3 Å². The number of fused-ring (bicyclic) bond motifs is 1. The molecule has 0 saturated heterocycles. The smallest absolute Gasteiger partial charge is 0.293 e. The van der Waals surface area contributed by atoms with Crippen molar-refractivity contribution in [2.75, 3.05) is 19.1 Å². The Morgan fingerprint density at radius 1 is 1.50 bits per heavy atom. The van der Waals surface area contributed by atoms with E-state index in [1.807, 2.05) is 23.8 Å². The fraction of sp³-hybridized carbons (Fsp3) is 0.538. The highest BCUT2D eigenvalue weighted by Gasteiger charge is 2.23. The van der Waals surface area contributed by atoms with E-state index in [0.717, 1.165) is 24.8 Å². The molecule has 2 aromatic heterocycles. The molecular weight excluding hydrogens is 258 g/mol. The van der Waals surface area contributed by atoms with Gasteiger partial charge < -0.3 is 9.75 Å². The Kier molecular flexibility index (Phi) is 4.49. The highest BCUT2D eigenvalue weighted by Crippen LogP contribution is 2.25. The van der Waals surface area contributed by atoms with E-state index in [0.29, 0.717) is 17.9 Å². The lowest BCUT2D eigenvalue weighted by molar-refractivity contribution is -0.134. The lowest BCUT2D eigenvalue weighted by Crippen LogP contribution is -2.28. The highest BCUT2D eigenvalue weighted by atomic mass is 16.5. The van der Waals surface area contributed by atoms with E-state index in [2.05, 4.69) is 21.9 Å². The average Bonchev–Trinajstić information content (AvgIpc) is 2.82. The molecule has 0 saturated carbocycles. The monoisotopic (exact) mass is 277 g/mol. The third-order valence-corrected chi connectivity index (χ3v) is 3.07. The molecule has 2 rings (SSSR count). The van der Waals surface area contributed by atoms with Crippen LogP contribution in [0.25, 0.3) is 11.2 Å². The van der Waals surface area contributed by atoms with Crippen LogP contribution < -0.4 is 5.01 Å². The Morgan fingerprint density at radius 3 is 2.95 bits per heavy atom. The molecule has 0 aromatic carbocycles. The molecule has 7 heteroatoms. The predicted octanol–water partition coefficient (Wildman–Crippen LogP) is 1.43. The zero-order valence-electron chi connectivity index (χ0n) is 12.0. The first-order chi connectivity index (χ1) is 9.69. The lowest BCUT2D eigenvalue weighted by atomic mass is 10.1. The van der Waals surface area contributed by atoms with Gasteiger partial charge in [-0.15, -0.1) is 0 Å². The Morgan fingerprint density at radius 2 is 2.30 bits per heavy atom. The maximum atomic E-state index is 10.7. The quantitative estimate of drug-likeness (QED) is 0.713. The van der Waals surface area contributed by atoms with E-state index < -0.39 is 0 Å². The van der Waals surface area contributed by atoms with Gasteiger partial charge in [-0.1, -0.05) is 13.3 Å². The number of carbonyl (C=O) groups is 1. The number of imidazole rings is 1. The molecule has 0 spiro atoms. The van der Waals surface area contributed by atoms with Gasteiger partial charge in [-0.3, -0.25) is 4.79 Å². The maximum absolute atomic E-state index is 10.7. The van der Waals surface area contributed by atoms with Crippen LogP contribution in [0.1, 0.15) is 38.1 Å². The average molecular weight is 277 g/mol. The standard InChI is InChI=1S/C13H19N5O2/c1-4-5-6-11(20-9-19)13-16-12-10(7-14-8-15-12)18(13)17(2)3/h7-9,11H,4-6H2,1-3H3. The zero-order valence-corrected chi connectivity index (χ0v) is 12.0. The number of hydrogen-bond donors (Lipinski definition) is 0. The molecular formula is C13H19N5O2. The van der Waals surface area contributed by atoms with Crippen molar-refractivity contribution in [1.29, 1.82) is 0 Å². The van der Waals surface area contributed by atoms with Crippen molar-refractivity contribution in [1.82, 2.24) is 19.6 Å². The topological polar surface area (TPSA) is 73.1 Å². The van der Waals surface area contributed by atoms with Gasteiger partial charge in [0, 0.05) is 14.1 Å². The summed E-state index contributed by atoms with van der Waals surface area (Å²) >= 11 is 0. The molecule has 0 aliphatic carbocycles. The molecule has 7 nitrogen and oxygen atoms in total. The van der Waals surface area contributed by atoms with Gasteiger partial charge in [0.25, 0.3) is 6.47 Å². The van der Waals surface area contributed by atoms with Gasteiger partial charge in [0.1, 0.15) is 11.8 Å². The fourth-order valence-electron chi connectivity index (χ4n) is 2.17. The van der Waals surface area contributed by atoms with E-state index in [-0.39, 0.29) is 6.10 Å². The SMILES string of the molecule is CCCCC(OC=O)c1nc2ncncc2n1N(C)C. The third kappa shape index (κ3) is 2.71. The molecule has 0 aliphatic heterocycles. The molecule has 0 bridgehead atoms. The molecule has 2 heterocycles. The van der Waals surface area contributed by atoms with Crippen molar-refractivity contribution in [2.24, 2.45) is 0 Å². The van der Waals surface area contributed by atoms with Gasteiger partial charge in [-0.05, 0) is 12.8 Å². The minimum absolute atomic E-state index is 0.371. The Bertz CT molecular complexity index is 581. The molecule has 20 heavy (non-hydrogen) atoms. The largest absolute Gasteiger partial charge is 0.456 e. The number of aromatic nitrogens is 4. The molecule has 0 fully saturated rings. The van der Waals surface area contributed by atoms with Crippen molar-refractivity contribution in [3.05, 3.63) is 18.3 Å². The molecule has 0 N–H and O–H groups in total. The first-order valence-corrected chi connectivity index (χ1v) is 6.64. The van der Waals surface area contributed by atoms with Crippen molar-refractivity contribution >= 4 is 17.6 Å². The highest BCUT2D eigenvalue weighted by molar-refractivity contribution is 5.70. The number of nitrogens with zero attached hydrogens (tertiary/aromatic N) is 5. The van der Waals surface area contributed by atoms with E-state index in [4.69, 9.17) is 4.74 Å². The number of rotatable bonds is 7. The van der Waals surface area contributed by atoms with Gasteiger partial charge in [0.15, 0.2) is 17.6 Å². The van der Waals surface area contributed by atoms with Crippen LogP contribution in [0.3, 0.4) is 0 Å². The van der Waals surface area contributed by atoms with Crippen LogP contribution in [0.5, 0.6) is 0 Å². The number of unbranched alkanes of at least 4 members (excludes halogenated alkanes) is 1. The summed E-state index contributed by atoms with van der Waals surface area (Å²) in [6, 6.07) is 0. The minimum atomic E-state index is -0.371. The first-order valence-electron chi connectivity index (χ1n) is 6.64. The summed E-state index contributed by atoms with van der Waals surface area (Å²) in [5.74, 6) is 0.672. The van der Waals surface area contributed by atoms with E-state index >= 15 is 0 Å². The predicted molar refractivity (Wildman–Crippen MR) is 74.8 cm³/mol. The molecule has 2 aromatic rings. The second kappa shape index (κ2) is 6.31.